The van der Waals surface area contributed by atoms with Crippen LogP contribution < -0.4 is 0 Å². The minimum absolute atomic E-state index is 0.111. The fourth-order valence-corrected chi connectivity index (χ4v) is 5.10. The van der Waals surface area contributed by atoms with Crippen molar-refractivity contribution in [3.8, 4) is 6.07 Å². The van der Waals surface area contributed by atoms with Crippen LogP contribution in [0.1, 0.15) is 17.5 Å². The second-order valence-corrected chi connectivity index (χ2v) is 9.47. The lowest BCUT2D eigenvalue weighted by molar-refractivity contribution is -0.159. The van der Waals surface area contributed by atoms with E-state index in [-0.39, 0.29) is 17.7 Å². The van der Waals surface area contributed by atoms with Crippen molar-refractivity contribution in [3.63, 3.8) is 0 Å². The number of carbonyl (C=O) groups excluding carboxylic acids is 2. The number of aryl methyl sites for hydroxylation is 1. The molecule has 1 atom stereocenters. The predicted octanol–water partition coefficient (Wildman–Crippen LogP) is 3.22. The van der Waals surface area contributed by atoms with E-state index in [1.807, 2.05) is 6.92 Å². The molecule has 1 aromatic heterocycles. The third-order valence-corrected chi connectivity index (χ3v) is 7.17. The summed E-state index contributed by atoms with van der Waals surface area (Å²) in [6.45, 7) is 1.87. The van der Waals surface area contributed by atoms with Crippen molar-refractivity contribution in [2.45, 2.75) is 24.7 Å². The summed E-state index contributed by atoms with van der Waals surface area (Å²) in [5, 5.41) is 10.4. The van der Waals surface area contributed by atoms with Gasteiger partial charge in [0.1, 0.15) is 0 Å². The molecule has 3 rings (SSSR count). The molecule has 2 aromatic carbocycles. The minimum Gasteiger partial charge on any atom is -0.468 e. The average molecular weight is 469 g/mol. The van der Waals surface area contributed by atoms with Crippen LogP contribution in [0.2, 0.25) is 0 Å². The number of para-hydroxylation sites is 1. The molecular formula is C24H24N2O6S. The predicted molar refractivity (Wildman–Crippen MR) is 121 cm³/mol. The number of aromatic nitrogens is 1. The van der Waals surface area contributed by atoms with Crippen molar-refractivity contribution in [2.75, 3.05) is 14.2 Å². The molecule has 0 saturated heterocycles. The highest BCUT2D eigenvalue weighted by molar-refractivity contribution is 7.90. The summed E-state index contributed by atoms with van der Waals surface area (Å²) in [7, 11) is -1.56. The summed E-state index contributed by atoms with van der Waals surface area (Å²) in [5.41, 5.74) is 2.03. The van der Waals surface area contributed by atoms with Gasteiger partial charge in [0.2, 0.25) is 0 Å². The summed E-state index contributed by atoms with van der Waals surface area (Å²) < 4.78 is 37.2. The van der Waals surface area contributed by atoms with Crippen LogP contribution in [0.4, 0.5) is 0 Å². The van der Waals surface area contributed by atoms with E-state index in [0.717, 1.165) is 19.8 Å². The monoisotopic (exact) mass is 468 g/mol. The van der Waals surface area contributed by atoms with Gasteiger partial charge >= 0.3 is 11.9 Å². The van der Waals surface area contributed by atoms with Crippen molar-refractivity contribution >= 4 is 32.9 Å². The third-order valence-electron chi connectivity index (χ3n) is 5.48. The van der Waals surface area contributed by atoms with Gasteiger partial charge in [-0.1, -0.05) is 35.9 Å². The first-order chi connectivity index (χ1) is 15.7. The van der Waals surface area contributed by atoms with E-state index in [1.165, 1.54) is 10.2 Å². The molecular weight excluding hydrogens is 444 g/mol. The summed E-state index contributed by atoms with van der Waals surface area (Å²) in [5.74, 6) is -3.57. The minimum atomic E-state index is -3.88. The van der Waals surface area contributed by atoms with Gasteiger partial charge < -0.3 is 9.47 Å². The van der Waals surface area contributed by atoms with Crippen molar-refractivity contribution in [3.05, 3.63) is 65.9 Å². The zero-order chi connectivity index (χ0) is 24.2. The Bertz CT molecular complexity index is 1300. The molecule has 33 heavy (non-hydrogen) atoms. The molecule has 0 bridgehead atoms. The first-order valence-electron chi connectivity index (χ1n) is 10.2. The zero-order valence-corrected chi connectivity index (χ0v) is 19.3. The van der Waals surface area contributed by atoms with Crippen LogP contribution in [-0.2, 0) is 35.5 Å². The quantitative estimate of drug-likeness (QED) is 0.368. The number of nitrogens with zero attached hydrogens (tertiary/aromatic N) is 2. The van der Waals surface area contributed by atoms with Gasteiger partial charge in [0, 0.05) is 11.6 Å². The average Bonchev–Trinajstić information content (AvgIpc) is 3.20. The molecule has 0 aliphatic carbocycles. The number of methoxy groups -OCH3 is 2. The van der Waals surface area contributed by atoms with Crippen molar-refractivity contribution in [1.29, 1.82) is 5.26 Å². The molecule has 0 amide bonds. The van der Waals surface area contributed by atoms with E-state index in [1.54, 1.807) is 48.5 Å². The van der Waals surface area contributed by atoms with E-state index in [2.05, 4.69) is 15.5 Å². The summed E-state index contributed by atoms with van der Waals surface area (Å²) in [4.78, 5) is 24.2. The molecule has 0 N–H and O–H groups in total. The van der Waals surface area contributed by atoms with Crippen LogP contribution in [-0.4, -0.2) is 38.5 Å². The van der Waals surface area contributed by atoms with E-state index in [9.17, 15) is 23.3 Å². The lowest BCUT2D eigenvalue weighted by Crippen LogP contribution is -2.29. The highest BCUT2D eigenvalue weighted by atomic mass is 32.2. The van der Waals surface area contributed by atoms with E-state index in [0.29, 0.717) is 16.5 Å². The number of rotatable bonds is 8. The van der Waals surface area contributed by atoms with E-state index >= 15 is 0 Å². The highest BCUT2D eigenvalue weighted by Crippen LogP contribution is 2.29. The number of fused-ring (bicyclic) bond motifs is 1. The zero-order valence-electron chi connectivity index (χ0n) is 18.5. The fourth-order valence-electron chi connectivity index (χ4n) is 3.71. The van der Waals surface area contributed by atoms with Crippen LogP contribution in [0.3, 0.4) is 0 Å². The van der Waals surface area contributed by atoms with Crippen LogP contribution in [0.25, 0.3) is 10.9 Å². The molecule has 172 valence electrons. The third kappa shape index (κ3) is 4.91. The van der Waals surface area contributed by atoms with E-state index < -0.39 is 33.8 Å². The first kappa shape index (κ1) is 24.0. The van der Waals surface area contributed by atoms with Crippen LogP contribution in [0.15, 0.2) is 59.6 Å². The molecule has 8 nitrogen and oxygen atoms in total. The van der Waals surface area contributed by atoms with Crippen LogP contribution in [0.5, 0.6) is 0 Å². The van der Waals surface area contributed by atoms with Crippen molar-refractivity contribution in [1.82, 2.24) is 3.97 Å². The Morgan fingerprint density at radius 2 is 1.64 bits per heavy atom. The maximum atomic E-state index is 13.3. The van der Waals surface area contributed by atoms with Gasteiger partial charge in [-0.15, -0.1) is 0 Å². The number of hydrogen-bond donors (Lipinski definition) is 0. The normalized spacial score (nSPS) is 12.3. The lowest BCUT2D eigenvalue weighted by Gasteiger charge is -2.15. The smallest absolute Gasteiger partial charge is 0.320 e. The lowest BCUT2D eigenvalue weighted by atomic mass is 9.90. The SMILES string of the molecule is COC(=O)C(CC(C#N)Cc1cn(S(=O)(=O)c2ccc(C)cc2)c2ccccc12)C(=O)OC. The number of esters is 2. The molecule has 3 aromatic rings. The molecule has 0 saturated carbocycles. The van der Waals surface area contributed by atoms with Crippen molar-refractivity contribution < 1.29 is 27.5 Å². The Balaban J connectivity index is 2.01. The molecule has 0 aliphatic rings. The topological polar surface area (TPSA) is 115 Å². The molecule has 1 unspecified atom stereocenters. The van der Waals surface area contributed by atoms with Gasteiger partial charge in [0.15, 0.2) is 5.92 Å². The van der Waals surface area contributed by atoms with Crippen LogP contribution >= 0.6 is 0 Å². The Hall–Kier alpha value is -3.64. The Labute approximate surface area is 192 Å². The summed E-state index contributed by atoms with van der Waals surface area (Å²) in [6, 6.07) is 15.7. The second kappa shape index (κ2) is 9.88. The van der Waals surface area contributed by atoms with Gasteiger partial charge in [0.25, 0.3) is 10.0 Å². The number of benzene rings is 2. The maximum absolute atomic E-state index is 13.3. The largest absolute Gasteiger partial charge is 0.468 e. The molecule has 0 spiro atoms. The summed E-state index contributed by atoms with van der Waals surface area (Å²) >= 11 is 0. The van der Waals surface area contributed by atoms with E-state index in [4.69, 9.17) is 0 Å². The maximum Gasteiger partial charge on any atom is 0.320 e. The fraction of sp³-hybridized carbons (Fsp3) is 0.292. The van der Waals surface area contributed by atoms with Crippen molar-refractivity contribution in [2.24, 2.45) is 11.8 Å². The second-order valence-electron chi connectivity index (χ2n) is 7.65. The molecule has 0 aliphatic heterocycles. The standard InChI is InChI=1S/C24H24N2O6S/c1-16-8-10-19(11-9-16)33(29,30)26-15-18(20-6-4-5-7-22(20)26)12-17(14-25)13-21(23(27)31-2)24(28)32-3/h4-11,15,17,21H,12-13H2,1-3H3. The van der Waals surface area contributed by atoms with Gasteiger partial charge in [-0.2, -0.15) is 5.26 Å². The number of nitriles is 1. The molecule has 9 heteroatoms. The van der Waals surface area contributed by atoms with Gasteiger partial charge in [-0.3, -0.25) is 9.59 Å². The first-order valence-corrected chi connectivity index (χ1v) is 11.6. The van der Waals surface area contributed by atoms with Gasteiger partial charge in [-0.25, -0.2) is 12.4 Å². The molecule has 0 fully saturated rings. The number of carbonyl (C=O) groups is 2. The molecule has 0 radical (unpaired) electrons. The Morgan fingerprint density at radius 3 is 2.21 bits per heavy atom. The Morgan fingerprint density at radius 1 is 1.03 bits per heavy atom. The number of hydrogen-bond acceptors (Lipinski definition) is 7. The highest BCUT2D eigenvalue weighted by Gasteiger charge is 2.32. The van der Waals surface area contributed by atoms with Crippen LogP contribution in [0, 0.1) is 30.1 Å². The van der Waals surface area contributed by atoms with Gasteiger partial charge in [-0.05, 0) is 43.5 Å². The summed E-state index contributed by atoms with van der Waals surface area (Å²) in [6.07, 6.45) is 1.52. The number of ether oxygens (including phenoxy) is 2. The molecule has 1 heterocycles. The van der Waals surface area contributed by atoms with Gasteiger partial charge in [0.05, 0.1) is 36.6 Å². The Kier molecular flexibility index (Phi) is 7.19.